The summed E-state index contributed by atoms with van der Waals surface area (Å²) in [6.45, 7) is 0. The monoisotopic (exact) mass is 164 g/mol. The zero-order valence-corrected chi connectivity index (χ0v) is 5.85. The Morgan fingerprint density at radius 3 is 3.08 bits per heavy atom. The van der Waals surface area contributed by atoms with Gasteiger partial charge in [-0.2, -0.15) is 5.10 Å². The third-order valence-corrected chi connectivity index (χ3v) is 1.37. The van der Waals surface area contributed by atoms with Crippen molar-refractivity contribution in [1.82, 2.24) is 20.2 Å². The summed E-state index contributed by atoms with van der Waals surface area (Å²) in [6, 6.07) is 1.61. The first-order valence-electron chi connectivity index (χ1n) is 3.18. The molecule has 2 heterocycles. The number of aromatic nitrogens is 4. The summed E-state index contributed by atoms with van der Waals surface area (Å²) in [5, 5.41) is 15.7. The van der Waals surface area contributed by atoms with Gasteiger partial charge in [0.05, 0.1) is 11.7 Å². The van der Waals surface area contributed by atoms with Crippen LogP contribution in [0.2, 0.25) is 0 Å². The highest BCUT2D eigenvalue weighted by atomic mass is 16.4. The van der Waals surface area contributed by atoms with Gasteiger partial charge in [-0.1, -0.05) is 0 Å². The fourth-order valence-corrected chi connectivity index (χ4v) is 0.867. The van der Waals surface area contributed by atoms with E-state index in [9.17, 15) is 4.79 Å². The number of imidazole rings is 1. The Kier molecular flexibility index (Phi) is 1.26. The maximum Gasteiger partial charge on any atom is 0.371 e. The van der Waals surface area contributed by atoms with Crippen molar-refractivity contribution in [3.05, 3.63) is 18.1 Å². The number of hydrogen-bond donors (Lipinski definition) is 2. The number of aromatic carboxylic acids is 1. The Balaban J connectivity index is 2.70. The molecule has 12 heavy (non-hydrogen) atoms. The van der Waals surface area contributed by atoms with E-state index in [0.717, 1.165) is 0 Å². The second kappa shape index (κ2) is 2.26. The zero-order chi connectivity index (χ0) is 8.55. The van der Waals surface area contributed by atoms with E-state index in [0.29, 0.717) is 11.2 Å². The lowest BCUT2D eigenvalue weighted by molar-refractivity contribution is 0.0685. The van der Waals surface area contributed by atoms with E-state index in [1.54, 1.807) is 6.07 Å². The molecule has 0 aliphatic carbocycles. The van der Waals surface area contributed by atoms with Crippen molar-refractivity contribution in [1.29, 1.82) is 0 Å². The van der Waals surface area contributed by atoms with Crippen LogP contribution in [-0.4, -0.2) is 31.2 Å². The highest BCUT2D eigenvalue weighted by Gasteiger charge is 2.08. The van der Waals surface area contributed by atoms with E-state index < -0.39 is 5.97 Å². The van der Waals surface area contributed by atoms with E-state index >= 15 is 0 Å². The van der Waals surface area contributed by atoms with Crippen molar-refractivity contribution >= 4 is 17.1 Å². The molecule has 0 aliphatic heterocycles. The van der Waals surface area contributed by atoms with Gasteiger partial charge in [0.1, 0.15) is 0 Å². The Hall–Kier alpha value is -1.98. The molecule has 2 aromatic heterocycles. The van der Waals surface area contributed by atoms with Crippen molar-refractivity contribution in [2.24, 2.45) is 0 Å². The van der Waals surface area contributed by atoms with Crippen molar-refractivity contribution in [3.63, 3.8) is 0 Å². The van der Waals surface area contributed by atoms with Crippen LogP contribution in [0.25, 0.3) is 11.2 Å². The van der Waals surface area contributed by atoms with Gasteiger partial charge in [-0.3, -0.25) is 0 Å². The maximum atomic E-state index is 10.4. The van der Waals surface area contributed by atoms with Crippen LogP contribution in [-0.2, 0) is 0 Å². The minimum absolute atomic E-state index is 0.120. The lowest BCUT2D eigenvalue weighted by Crippen LogP contribution is -1.97. The second-order valence-electron chi connectivity index (χ2n) is 2.16. The SMILES string of the molecule is O=C(O)c1nc2nnccc2[nH]1. The number of nitrogens with zero attached hydrogens (tertiary/aromatic N) is 3. The van der Waals surface area contributed by atoms with Gasteiger partial charge in [-0.05, 0) is 6.07 Å². The lowest BCUT2D eigenvalue weighted by Gasteiger charge is -1.80. The van der Waals surface area contributed by atoms with E-state index in [1.165, 1.54) is 6.20 Å². The summed E-state index contributed by atoms with van der Waals surface area (Å²) >= 11 is 0. The molecule has 6 heteroatoms. The Morgan fingerprint density at radius 2 is 2.42 bits per heavy atom. The number of nitrogens with one attached hydrogen (secondary N) is 1. The fourth-order valence-electron chi connectivity index (χ4n) is 0.867. The molecule has 2 N–H and O–H groups in total. The highest BCUT2D eigenvalue weighted by Crippen LogP contribution is 2.05. The van der Waals surface area contributed by atoms with Gasteiger partial charge in [-0.15, -0.1) is 5.10 Å². The highest BCUT2D eigenvalue weighted by molar-refractivity contribution is 5.87. The quantitative estimate of drug-likeness (QED) is 0.621. The van der Waals surface area contributed by atoms with Crippen LogP contribution in [0.3, 0.4) is 0 Å². The number of carboxylic acid groups (broad SMARTS) is 1. The van der Waals surface area contributed by atoms with Gasteiger partial charge in [0, 0.05) is 0 Å². The summed E-state index contributed by atoms with van der Waals surface area (Å²) in [4.78, 5) is 16.7. The molecule has 0 unspecified atom stereocenters. The molecular weight excluding hydrogens is 160 g/mol. The van der Waals surface area contributed by atoms with Crippen LogP contribution in [0, 0.1) is 0 Å². The lowest BCUT2D eigenvalue weighted by atomic mass is 10.5. The molecule has 0 aliphatic rings. The standard InChI is InChI=1S/C6H4N4O2/c11-6(12)5-8-3-1-2-7-10-4(3)9-5/h1-2H,(H,11,12)(H,8,9,10). The minimum atomic E-state index is -1.10. The van der Waals surface area contributed by atoms with Gasteiger partial charge in [0.15, 0.2) is 5.65 Å². The van der Waals surface area contributed by atoms with Crippen molar-refractivity contribution < 1.29 is 9.90 Å². The van der Waals surface area contributed by atoms with Crippen LogP contribution in [0.15, 0.2) is 12.3 Å². The number of carbonyl (C=O) groups is 1. The molecule has 2 aromatic rings. The zero-order valence-electron chi connectivity index (χ0n) is 5.85. The minimum Gasteiger partial charge on any atom is -0.475 e. The first-order valence-corrected chi connectivity index (χ1v) is 3.18. The normalized spacial score (nSPS) is 10.3. The second-order valence-corrected chi connectivity index (χ2v) is 2.16. The summed E-state index contributed by atoms with van der Waals surface area (Å²) in [6.07, 6.45) is 1.46. The van der Waals surface area contributed by atoms with Crippen LogP contribution in [0.1, 0.15) is 10.6 Å². The number of H-pyrrole nitrogens is 1. The average Bonchev–Trinajstić information content (AvgIpc) is 2.46. The number of aromatic amines is 1. The molecule has 2 rings (SSSR count). The average molecular weight is 164 g/mol. The van der Waals surface area contributed by atoms with E-state index in [-0.39, 0.29) is 5.82 Å². The molecule has 0 aromatic carbocycles. The number of hydrogen-bond acceptors (Lipinski definition) is 4. The Labute approximate surface area is 66.3 Å². The largest absolute Gasteiger partial charge is 0.475 e. The summed E-state index contributed by atoms with van der Waals surface area (Å²) in [5.41, 5.74) is 0.886. The molecule has 6 nitrogen and oxygen atoms in total. The Morgan fingerprint density at radius 1 is 1.58 bits per heavy atom. The number of carboxylic acids is 1. The van der Waals surface area contributed by atoms with Crippen LogP contribution in [0.5, 0.6) is 0 Å². The topological polar surface area (TPSA) is 91.8 Å². The molecule has 60 valence electrons. The molecule has 0 radical (unpaired) electrons. The summed E-state index contributed by atoms with van der Waals surface area (Å²) < 4.78 is 0. The Bertz CT molecular complexity index is 403. The predicted molar refractivity (Wildman–Crippen MR) is 38.6 cm³/mol. The predicted octanol–water partition coefficient (Wildman–Crippen LogP) is 0.0511. The first kappa shape index (κ1) is 6.71. The molecule has 0 amide bonds. The van der Waals surface area contributed by atoms with Crippen molar-refractivity contribution in [3.8, 4) is 0 Å². The van der Waals surface area contributed by atoms with Crippen LogP contribution < -0.4 is 0 Å². The molecule has 0 saturated carbocycles. The number of fused-ring (bicyclic) bond motifs is 1. The molecule has 0 atom stereocenters. The summed E-state index contributed by atoms with van der Waals surface area (Å²) in [7, 11) is 0. The van der Waals surface area contributed by atoms with Gasteiger partial charge in [0.25, 0.3) is 0 Å². The van der Waals surface area contributed by atoms with Crippen LogP contribution in [0.4, 0.5) is 0 Å². The molecule has 0 saturated heterocycles. The van der Waals surface area contributed by atoms with E-state index in [4.69, 9.17) is 5.11 Å². The van der Waals surface area contributed by atoms with E-state index in [2.05, 4.69) is 20.2 Å². The molecular formula is C6H4N4O2. The van der Waals surface area contributed by atoms with Gasteiger partial charge in [-0.25, -0.2) is 9.78 Å². The third kappa shape index (κ3) is 0.895. The fraction of sp³-hybridized carbons (Fsp3) is 0. The van der Waals surface area contributed by atoms with Crippen molar-refractivity contribution in [2.45, 2.75) is 0 Å². The van der Waals surface area contributed by atoms with Crippen molar-refractivity contribution in [2.75, 3.05) is 0 Å². The van der Waals surface area contributed by atoms with Gasteiger partial charge < -0.3 is 10.1 Å². The third-order valence-electron chi connectivity index (χ3n) is 1.37. The molecule has 0 fully saturated rings. The first-order chi connectivity index (χ1) is 5.77. The molecule has 0 spiro atoms. The number of rotatable bonds is 1. The van der Waals surface area contributed by atoms with Gasteiger partial charge in [0.2, 0.25) is 5.82 Å². The van der Waals surface area contributed by atoms with Gasteiger partial charge >= 0.3 is 5.97 Å². The maximum absolute atomic E-state index is 10.4. The van der Waals surface area contributed by atoms with E-state index in [1.807, 2.05) is 0 Å². The smallest absolute Gasteiger partial charge is 0.371 e. The van der Waals surface area contributed by atoms with Crippen LogP contribution >= 0.6 is 0 Å². The summed E-state index contributed by atoms with van der Waals surface area (Å²) in [5.74, 6) is -1.22. The molecule has 0 bridgehead atoms.